The Balaban J connectivity index is 2.50. The molecule has 132 valence electrons. The maximum atomic E-state index is 12.1. The van der Waals surface area contributed by atoms with Crippen LogP contribution in [0.1, 0.15) is 37.6 Å². The lowest BCUT2D eigenvalue weighted by molar-refractivity contribution is 0.560. The molecule has 2 N–H and O–H groups in total. The van der Waals surface area contributed by atoms with Gasteiger partial charge in [-0.15, -0.1) is 11.3 Å². The summed E-state index contributed by atoms with van der Waals surface area (Å²) in [5, 5.41) is 7.42. The molecule has 0 spiro atoms. The molecule has 0 aromatic carbocycles. The number of sulfone groups is 1. The second-order valence-electron chi connectivity index (χ2n) is 6.23. The Morgan fingerprint density at radius 1 is 1.35 bits per heavy atom. The van der Waals surface area contributed by atoms with Crippen LogP contribution in [-0.2, 0) is 16.3 Å². The van der Waals surface area contributed by atoms with Crippen LogP contribution in [0.3, 0.4) is 0 Å². The van der Waals surface area contributed by atoms with E-state index in [0.29, 0.717) is 12.5 Å². The van der Waals surface area contributed by atoms with Crippen molar-refractivity contribution in [3.63, 3.8) is 0 Å². The third-order valence-corrected chi connectivity index (χ3v) is 6.77. The molecule has 0 aliphatic carbocycles. The second-order valence-corrected chi connectivity index (χ2v) is 10.4. The molecule has 6 nitrogen and oxygen atoms in total. The van der Waals surface area contributed by atoms with Crippen LogP contribution in [0, 0.1) is 6.92 Å². The quantitative estimate of drug-likeness (QED) is 0.572. The van der Waals surface area contributed by atoms with Gasteiger partial charge in [0.25, 0.3) is 0 Å². The number of aryl methyl sites for hydroxylation is 1. The van der Waals surface area contributed by atoms with Crippen molar-refractivity contribution in [2.75, 3.05) is 25.4 Å². The third-order valence-electron chi connectivity index (χ3n) is 3.21. The summed E-state index contributed by atoms with van der Waals surface area (Å²) in [6.45, 7) is 10.9. The lowest BCUT2D eigenvalue weighted by atomic mass is 10.3. The number of rotatable bonds is 7. The summed E-state index contributed by atoms with van der Waals surface area (Å²) in [4.78, 5) is 9.87. The van der Waals surface area contributed by atoms with Gasteiger partial charge in [0.2, 0.25) is 0 Å². The number of thiazole rings is 1. The first kappa shape index (κ1) is 19.9. The maximum Gasteiger partial charge on any atom is 0.191 e. The van der Waals surface area contributed by atoms with Crippen molar-refractivity contribution < 1.29 is 8.42 Å². The molecule has 0 aliphatic heterocycles. The van der Waals surface area contributed by atoms with Crippen molar-refractivity contribution >= 4 is 27.1 Å². The minimum absolute atomic E-state index is 0.0543. The van der Waals surface area contributed by atoms with E-state index in [1.165, 1.54) is 4.88 Å². The van der Waals surface area contributed by atoms with Crippen molar-refractivity contribution in [2.45, 2.75) is 45.8 Å². The van der Waals surface area contributed by atoms with Crippen molar-refractivity contribution in [3.05, 3.63) is 16.1 Å². The van der Waals surface area contributed by atoms with Crippen LogP contribution in [0.5, 0.6) is 0 Å². The van der Waals surface area contributed by atoms with E-state index in [9.17, 15) is 8.42 Å². The van der Waals surface area contributed by atoms with Crippen LogP contribution in [0.2, 0.25) is 0 Å². The summed E-state index contributed by atoms with van der Waals surface area (Å²) >= 11 is 1.69. The molecule has 8 heteroatoms. The van der Waals surface area contributed by atoms with E-state index >= 15 is 0 Å². The molecular formula is C15H28N4O2S2. The zero-order chi connectivity index (χ0) is 17.5. The molecular weight excluding hydrogens is 332 g/mol. The Morgan fingerprint density at radius 2 is 2.04 bits per heavy atom. The summed E-state index contributed by atoms with van der Waals surface area (Å²) in [6.07, 6.45) is 2.69. The topological polar surface area (TPSA) is 83.5 Å². The molecule has 0 fully saturated rings. The minimum Gasteiger partial charge on any atom is -0.357 e. The predicted molar refractivity (Wildman–Crippen MR) is 98.1 cm³/mol. The van der Waals surface area contributed by atoms with Gasteiger partial charge in [-0.3, -0.25) is 4.99 Å². The molecule has 0 radical (unpaired) electrons. The zero-order valence-corrected chi connectivity index (χ0v) is 16.3. The van der Waals surface area contributed by atoms with E-state index in [1.807, 2.05) is 20.0 Å². The van der Waals surface area contributed by atoms with Crippen molar-refractivity contribution in [1.29, 1.82) is 0 Å². The molecule has 1 aromatic heterocycles. The highest BCUT2D eigenvalue weighted by atomic mass is 32.2. The molecule has 0 aliphatic rings. The van der Waals surface area contributed by atoms with Crippen molar-refractivity contribution in [1.82, 2.24) is 15.6 Å². The molecule has 0 amide bonds. The van der Waals surface area contributed by atoms with Crippen molar-refractivity contribution in [3.8, 4) is 0 Å². The molecule has 23 heavy (non-hydrogen) atoms. The number of nitrogens with one attached hydrogen (secondary N) is 2. The summed E-state index contributed by atoms with van der Waals surface area (Å²) in [5.74, 6) is 0.698. The van der Waals surface area contributed by atoms with Crippen LogP contribution in [-0.4, -0.2) is 49.5 Å². The van der Waals surface area contributed by atoms with Crippen LogP contribution >= 0.6 is 11.3 Å². The first-order valence-electron chi connectivity index (χ1n) is 7.81. The second kappa shape index (κ2) is 8.63. The molecule has 0 unspecified atom stereocenters. The van der Waals surface area contributed by atoms with E-state index in [1.54, 1.807) is 32.1 Å². The van der Waals surface area contributed by atoms with Crippen LogP contribution in [0.25, 0.3) is 0 Å². The number of hydrogen-bond donors (Lipinski definition) is 2. The monoisotopic (exact) mass is 360 g/mol. The van der Waals surface area contributed by atoms with Gasteiger partial charge in [0.1, 0.15) is 0 Å². The number of aromatic nitrogens is 1. The summed E-state index contributed by atoms with van der Waals surface area (Å²) in [6, 6.07) is 0. The van der Waals surface area contributed by atoms with Gasteiger partial charge in [0.05, 0.1) is 22.1 Å². The number of aliphatic imine (C=N–C) groups is 1. The van der Waals surface area contributed by atoms with Gasteiger partial charge in [-0.25, -0.2) is 13.4 Å². The van der Waals surface area contributed by atoms with E-state index in [4.69, 9.17) is 0 Å². The zero-order valence-electron chi connectivity index (χ0n) is 14.6. The summed E-state index contributed by atoms with van der Waals surface area (Å²) < 4.78 is 23.4. The first-order chi connectivity index (χ1) is 10.7. The van der Waals surface area contributed by atoms with E-state index in [-0.39, 0.29) is 12.3 Å². The largest absolute Gasteiger partial charge is 0.357 e. The fourth-order valence-electron chi connectivity index (χ4n) is 1.73. The average Bonchev–Trinajstić information content (AvgIpc) is 2.83. The normalized spacial score (nSPS) is 13.2. The molecule has 0 bridgehead atoms. The van der Waals surface area contributed by atoms with Gasteiger partial charge in [-0.1, -0.05) is 0 Å². The van der Waals surface area contributed by atoms with Gasteiger partial charge in [-0.2, -0.15) is 0 Å². The van der Waals surface area contributed by atoms with Gasteiger partial charge in [-0.05, 0) is 34.6 Å². The fraction of sp³-hybridized carbons (Fsp3) is 0.733. The lowest BCUT2D eigenvalue weighted by Gasteiger charge is -2.18. The van der Waals surface area contributed by atoms with Gasteiger partial charge in [0.15, 0.2) is 15.8 Å². The Hall–Kier alpha value is -1.15. The Labute approximate surface area is 143 Å². The molecule has 0 saturated heterocycles. The van der Waals surface area contributed by atoms with Gasteiger partial charge < -0.3 is 10.6 Å². The summed E-state index contributed by atoms with van der Waals surface area (Å²) in [5.41, 5.74) is 0. The predicted octanol–water partition coefficient (Wildman–Crippen LogP) is 1.76. The highest BCUT2D eigenvalue weighted by molar-refractivity contribution is 7.92. The molecule has 1 heterocycles. The number of guanidine groups is 1. The minimum atomic E-state index is -3.14. The van der Waals surface area contributed by atoms with Gasteiger partial charge >= 0.3 is 0 Å². The van der Waals surface area contributed by atoms with E-state index < -0.39 is 14.6 Å². The smallest absolute Gasteiger partial charge is 0.191 e. The molecule has 0 atom stereocenters. The molecule has 0 saturated carbocycles. The standard InChI is InChI=1S/C15H28N4O2S2/c1-6-16-14(17-8-7-13-19-11-12(2)22-13)18-9-10-23(20,21)15(3,4)5/h11H,6-10H2,1-5H3,(H2,16,17,18). The molecule has 1 rings (SSSR count). The highest BCUT2D eigenvalue weighted by Gasteiger charge is 2.28. The Morgan fingerprint density at radius 3 is 2.57 bits per heavy atom. The SMILES string of the molecule is CCNC(=NCCS(=O)(=O)C(C)(C)C)NCCc1ncc(C)s1. The first-order valence-corrected chi connectivity index (χ1v) is 10.3. The van der Waals surface area contributed by atoms with Crippen LogP contribution in [0.4, 0.5) is 0 Å². The average molecular weight is 361 g/mol. The highest BCUT2D eigenvalue weighted by Crippen LogP contribution is 2.15. The van der Waals surface area contributed by atoms with Crippen LogP contribution < -0.4 is 10.6 Å². The number of hydrogen-bond acceptors (Lipinski definition) is 5. The maximum absolute atomic E-state index is 12.1. The third kappa shape index (κ3) is 6.87. The van der Waals surface area contributed by atoms with E-state index in [0.717, 1.165) is 18.0 Å². The lowest BCUT2D eigenvalue weighted by Crippen LogP contribution is -2.39. The Bertz CT molecular complexity index is 616. The van der Waals surface area contributed by atoms with Gasteiger partial charge in [0, 0.05) is 30.6 Å². The van der Waals surface area contributed by atoms with Crippen molar-refractivity contribution in [2.24, 2.45) is 4.99 Å². The summed E-state index contributed by atoms with van der Waals surface area (Å²) in [7, 11) is -3.14. The molecule has 1 aromatic rings. The Kier molecular flexibility index (Phi) is 7.47. The number of nitrogens with zero attached hydrogens (tertiary/aromatic N) is 2. The van der Waals surface area contributed by atoms with Crippen LogP contribution in [0.15, 0.2) is 11.2 Å². The van der Waals surface area contributed by atoms with E-state index in [2.05, 4.69) is 20.6 Å². The fourth-order valence-corrected chi connectivity index (χ4v) is 3.46.